The van der Waals surface area contributed by atoms with E-state index < -0.39 is 28.7 Å². The van der Waals surface area contributed by atoms with Crippen molar-refractivity contribution < 1.29 is 24.2 Å². The van der Waals surface area contributed by atoms with Crippen LogP contribution in [0, 0.1) is 11.8 Å². The van der Waals surface area contributed by atoms with Gasteiger partial charge >= 0.3 is 5.97 Å². The van der Waals surface area contributed by atoms with E-state index in [4.69, 9.17) is 4.74 Å². The van der Waals surface area contributed by atoms with E-state index in [0.29, 0.717) is 25.9 Å². The number of thioether (sulfide) groups is 1. The summed E-state index contributed by atoms with van der Waals surface area (Å²) in [7, 11) is 0. The number of carbonyl (C=O) groups is 3. The zero-order chi connectivity index (χ0) is 24.3. The Kier molecular flexibility index (Phi) is 8.94. The van der Waals surface area contributed by atoms with Crippen molar-refractivity contribution in [2.24, 2.45) is 11.8 Å². The number of hydrogen-bond acceptors (Lipinski definition) is 6. The quantitative estimate of drug-likeness (QED) is 0.176. The van der Waals surface area contributed by atoms with Gasteiger partial charge in [-0.05, 0) is 26.2 Å². The Labute approximate surface area is 209 Å². The number of unbranched alkanes of at least 4 members (excludes halogenated alkanes) is 2. The van der Waals surface area contributed by atoms with Crippen LogP contribution in [0.2, 0.25) is 0 Å². The first-order valence-electron chi connectivity index (χ1n) is 12.1. The maximum absolute atomic E-state index is 14.1. The number of alkyl halides is 1. The van der Waals surface area contributed by atoms with E-state index in [1.165, 1.54) is 0 Å². The molecule has 0 aromatic carbocycles. The fourth-order valence-electron chi connectivity index (χ4n) is 5.83. The number of fused-ring (bicyclic) bond motifs is 1. The molecular formula is C24H37BrN2O5S. The first-order valence-corrected chi connectivity index (χ1v) is 13.9. The van der Waals surface area contributed by atoms with Crippen molar-refractivity contribution in [3.63, 3.8) is 0 Å². The van der Waals surface area contributed by atoms with Crippen LogP contribution in [0.1, 0.15) is 52.9 Å². The number of rotatable bonds is 12. The van der Waals surface area contributed by atoms with E-state index in [1.54, 1.807) is 34.6 Å². The molecule has 3 heterocycles. The SMILES string of the molecule is C=CCN(CCCCC)C(=O)C1N([C@@H](CC)CO)C(=O)[C@@H]2[C@@H](C(=O)OCC)[C@@H]3SC12CC3Br. The van der Waals surface area contributed by atoms with Crippen LogP contribution in [-0.2, 0) is 19.1 Å². The minimum atomic E-state index is -0.719. The molecule has 3 unspecified atom stereocenters. The van der Waals surface area contributed by atoms with E-state index >= 15 is 0 Å². The van der Waals surface area contributed by atoms with Crippen molar-refractivity contribution in [2.45, 2.75) is 79.8 Å². The zero-order valence-corrected chi connectivity index (χ0v) is 22.3. The van der Waals surface area contributed by atoms with Gasteiger partial charge in [-0.15, -0.1) is 18.3 Å². The molecule has 1 N–H and O–H groups in total. The summed E-state index contributed by atoms with van der Waals surface area (Å²) in [6.07, 6.45) is 5.82. The van der Waals surface area contributed by atoms with Gasteiger partial charge in [0.1, 0.15) is 6.04 Å². The van der Waals surface area contributed by atoms with Gasteiger partial charge in [0.15, 0.2) is 0 Å². The minimum absolute atomic E-state index is 0.0124. The number of likely N-dealkylation sites (tertiary alicyclic amines) is 1. The summed E-state index contributed by atoms with van der Waals surface area (Å²) in [6.45, 7) is 10.7. The van der Waals surface area contributed by atoms with E-state index in [1.807, 2.05) is 6.92 Å². The molecule has 0 aromatic heterocycles. The lowest BCUT2D eigenvalue weighted by Crippen LogP contribution is -2.57. The Bertz CT molecular complexity index is 763. The summed E-state index contributed by atoms with van der Waals surface area (Å²) in [5.41, 5.74) is 0. The minimum Gasteiger partial charge on any atom is -0.466 e. The van der Waals surface area contributed by atoms with Crippen LogP contribution >= 0.6 is 27.7 Å². The molecule has 1 spiro atoms. The Morgan fingerprint density at radius 1 is 1.39 bits per heavy atom. The van der Waals surface area contributed by atoms with E-state index in [2.05, 4.69) is 29.4 Å². The lowest BCUT2D eigenvalue weighted by atomic mass is 9.71. The second-order valence-corrected chi connectivity index (χ2v) is 11.9. The molecule has 9 heteroatoms. The molecule has 0 aliphatic carbocycles. The molecule has 186 valence electrons. The molecule has 0 saturated carbocycles. The molecule has 3 rings (SSSR count). The standard InChI is InChI=1S/C24H37BrN2O5S/c1-5-9-10-12-26(11-6-2)22(30)20-24-13-16(25)19(33-24)17(23(31)32-8-4)18(24)21(29)27(20)15(7-3)14-28/h6,15-20,28H,2,5,7-14H2,1,3-4H3/t15-,16?,17+,18-,19+,20?,24?/m0/s1. The number of halogens is 1. The number of esters is 1. The van der Waals surface area contributed by atoms with Crippen LogP contribution < -0.4 is 0 Å². The third kappa shape index (κ3) is 4.49. The normalized spacial score (nSPS) is 33.2. The Morgan fingerprint density at radius 3 is 2.70 bits per heavy atom. The highest BCUT2D eigenvalue weighted by Gasteiger charge is 2.76. The molecule has 3 aliphatic heterocycles. The summed E-state index contributed by atoms with van der Waals surface area (Å²) < 4.78 is 4.66. The van der Waals surface area contributed by atoms with Crippen LogP contribution in [0.4, 0.5) is 0 Å². The molecule has 3 saturated heterocycles. The second-order valence-electron chi connectivity index (χ2n) is 9.19. The van der Waals surface area contributed by atoms with Gasteiger partial charge in [-0.2, -0.15) is 0 Å². The maximum Gasteiger partial charge on any atom is 0.310 e. The number of aliphatic hydroxyl groups excluding tert-OH is 1. The number of ether oxygens (including phenoxy) is 1. The lowest BCUT2D eigenvalue weighted by Gasteiger charge is -2.39. The number of amides is 2. The second kappa shape index (κ2) is 11.1. The Hall–Kier alpha value is -1.06. The van der Waals surface area contributed by atoms with Gasteiger partial charge in [0.25, 0.3) is 0 Å². The van der Waals surface area contributed by atoms with Crippen LogP contribution in [-0.4, -0.2) is 85.9 Å². The van der Waals surface area contributed by atoms with Crippen molar-refractivity contribution >= 4 is 45.5 Å². The summed E-state index contributed by atoms with van der Waals surface area (Å²) in [4.78, 5) is 44.4. The summed E-state index contributed by atoms with van der Waals surface area (Å²) in [6, 6.07) is -1.19. The molecule has 2 bridgehead atoms. The van der Waals surface area contributed by atoms with Gasteiger partial charge in [0.2, 0.25) is 11.8 Å². The third-order valence-electron chi connectivity index (χ3n) is 7.29. The monoisotopic (exact) mass is 544 g/mol. The zero-order valence-electron chi connectivity index (χ0n) is 19.9. The van der Waals surface area contributed by atoms with Crippen LogP contribution in [0.25, 0.3) is 0 Å². The number of carbonyl (C=O) groups excluding carboxylic acids is 3. The smallest absolute Gasteiger partial charge is 0.310 e. The molecule has 3 aliphatic rings. The lowest BCUT2D eigenvalue weighted by molar-refractivity contribution is -0.154. The molecule has 7 atom stereocenters. The van der Waals surface area contributed by atoms with Crippen molar-refractivity contribution in [1.82, 2.24) is 9.80 Å². The van der Waals surface area contributed by atoms with Gasteiger partial charge in [-0.3, -0.25) is 14.4 Å². The van der Waals surface area contributed by atoms with E-state index in [-0.39, 0.29) is 41.1 Å². The van der Waals surface area contributed by atoms with Gasteiger partial charge in [-0.25, -0.2) is 0 Å². The third-order valence-corrected chi connectivity index (χ3v) is 10.5. The van der Waals surface area contributed by atoms with Crippen molar-refractivity contribution in [3.8, 4) is 0 Å². The highest BCUT2D eigenvalue weighted by atomic mass is 79.9. The Morgan fingerprint density at radius 2 is 2.12 bits per heavy atom. The van der Waals surface area contributed by atoms with Gasteiger partial charge in [0, 0.05) is 23.2 Å². The summed E-state index contributed by atoms with van der Waals surface area (Å²) in [5.74, 6) is -1.88. The summed E-state index contributed by atoms with van der Waals surface area (Å²) >= 11 is 5.35. The average Bonchev–Trinajstić information content (AvgIpc) is 3.38. The largest absolute Gasteiger partial charge is 0.466 e. The molecule has 3 fully saturated rings. The average molecular weight is 546 g/mol. The molecule has 2 amide bonds. The molecular weight excluding hydrogens is 508 g/mol. The topological polar surface area (TPSA) is 87.2 Å². The highest BCUT2D eigenvalue weighted by Crippen LogP contribution is 2.68. The number of aliphatic hydroxyl groups is 1. The predicted molar refractivity (Wildman–Crippen MR) is 133 cm³/mol. The number of nitrogens with zero attached hydrogens (tertiary/aromatic N) is 2. The van der Waals surface area contributed by atoms with Crippen LogP contribution in [0.15, 0.2) is 12.7 Å². The highest BCUT2D eigenvalue weighted by molar-refractivity contribution is 9.09. The maximum atomic E-state index is 14.1. The molecule has 0 aromatic rings. The first kappa shape index (κ1) is 26.5. The van der Waals surface area contributed by atoms with Gasteiger partial charge in [-0.1, -0.05) is 48.7 Å². The van der Waals surface area contributed by atoms with Gasteiger partial charge in [0.05, 0.1) is 35.8 Å². The molecule has 33 heavy (non-hydrogen) atoms. The van der Waals surface area contributed by atoms with Gasteiger partial charge < -0.3 is 19.6 Å². The molecule has 0 radical (unpaired) electrons. The van der Waals surface area contributed by atoms with E-state index in [0.717, 1.165) is 19.3 Å². The Balaban J connectivity index is 2.05. The molecule has 7 nitrogen and oxygen atoms in total. The van der Waals surface area contributed by atoms with Crippen molar-refractivity contribution in [3.05, 3.63) is 12.7 Å². The van der Waals surface area contributed by atoms with Crippen LogP contribution in [0.5, 0.6) is 0 Å². The first-order chi connectivity index (χ1) is 15.8. The fraction of sp³-hybridized carbons (Fsp3) is 0.792. The van der Waals surface area contributed by atoms with Crippen LogP contribution in [0.3, 0.4) is 0 Å². The van der Waals surface area contributed by atoms with Crippen molar-refractivity contribution in [2.75, 3.05) is 26.3 Å². The fourth-order valence-corrected chi connectivity index (χ4v) is 9.42. The summed E-state index contributed by atoms with van der Waals surface area (Å²) in [5, 5.41) is 10.0. The number of hydrogen-bond donors (Lipinski definition) is 1. The van der Waals surface area contributed by atoms with E-state index in [9.17, 15) is 19.5 Å². The predicted octanol–water partition coefficient (Wildman–Crippen LogP) is 2.99. The van der Waals surface area contributed by atoms with Crippen molar-refractivity contribution in [1.29, 1.82) is 0 Å².